The van der Waals surface area contributed by atoms with Crippen molar-refractivity contribution in [3.05, 3.63) is 69.9 Å². The minimum Gasteiger partial charge on any atom is -0.283 e. The number of sulfone groups is 1. The average Bonchev–Trinajstić information content (AvgIpc) is 3.24. The fourth-order valence-electron chi connectivity index (χ4n) is 4.03. The Balaban J connectivity index is 1.78. The van der Waals surface area contributed by atoms with Crippen LogP contribution in [0.1, 0.15) is 33.6 Å². The zero-order chi connectivity index (χ0) is 25.9. The van der Waals surface area contributed by atoms with E-state index in [1.54, 1.807) is 22.9 Å². The van der Waals surface area contributed by atoms with Crippen molar-refractivity contribution in [3.8, 4) is 29.1 Å². The number of nitriles is 2. The monoisotopic (exact) mass is 522 g/mol. The number of nitrogens with one attached hydrogen (secondary N) is 1. The second-order valence-corrected chi connectivity index (χ2v) is 11.2. The number of benzene rings is 2. The maximum absolute atomic E-state index is 13.2. The van der Waals surface area contributed by atoms with Gasteiger partial charge in [0.25, 0.3) is 5.91 Å². The van der Waals surface area contributed by atoms with Crippen molar-refractivity contribution in [1.82, 2.24) is 20.2 Å². The highest BCUT2D eigenvalue weighted by Crippen LogP contribution is 2.31. The fraction of sp³-hybridized carbons (Fsp3) is 0.280. The second kappa shape index (κ2) is 10.5. The van der Waals surface area contributed by atoms with Crippen LogP contribution < -0.4 is 5.43 Å². The molecule has 2 heterocycles. The highest BCUT2D eigenvalue weighted by Gasteiger charge is 2.28. The molecule has 0 spiro atoms. The third-order valence-corrected chi connectivity index (χ3v) is 7.80. The number of aryl methyl sites for hydroxylation is 2. The summed E-state index contributed by atoms with van der Waals surface area (Å²) in [5, 5.41) is 25.6. The summed E-state index contributed by atoms with van der Waals surface area (Å²) in [7, 11) is -3.12. The summed E-state index contributed by atoms with van der Waals surface area (Å²) in [6.07, 6.45) is 1.00. The van der Waals surface area contributed by atoms with Crippen LogP contribution in [-0.4, -0.2) is 53.7 Å². The van der Waals surface area contributed by atoms with Crippen LogP contribution >= 0.6 is 11.6 Å². The number of aromatic nitrogens is 2. The molecule has 9 nitrogen and oxygen atoms in total. The minimum atomic E-state index is -3.12. The van der Waals surface area contributed by atoms with Gasteiger partial charge in [-0.2, -0.15) is 15.6 Å². The van der Waals surface area contributed by atoms with E-state index in [-0.39, 0.29) is 35.9 Å². The van der Waals surface area contributed by atoms with Gasteiger partial charge in [-0.3, -0.25) is 10.2 Å². The van der Waals surface area contributed by atoms with E-state index in [4.69, 9.17) is 16.9 Å². The Kier molecular flexibility index (Phi) is 7.41. The summed E-state index contributed by atoms with van der Waals surface area (Å²) in [5.74, 6) is -0.705. The Morgan fingerprint density at radius 3 is 2.44 bits per heavy atom. The third-order valence-electron chi connectivity index (χ3n) is 5.96. The molecule has 0 radical (unpaired) electrons. The van der Waals surface area contributed by atoms with Crippen LogP contribution in [0.25, 0.3) is 16.9 Å². The first kappa shape index (κ1) is 25.4. The molecule has 0 aliphatic carbocycles. The van der Waals surface area contributed by atoms with Crippen LogP contribution in [0.2, 0.25) is 5.02 Å². The standard InChI is InChI=1S/C25H23ClN6O3S/c1-17-15-20(26)8-9-22(17)32-24(19-6-4-18(5-7-19)3-2-10-27)21(16-28)23(29-32)25(33)30-31-11-13-36(34,35)14-12-31/h4-9,15H,2-3,11-14H2,1H3,(H,30,33). The molecule has 1 amide bonds. The summed E-state index contributed by atoms with van der Waals surface area (Å²) in [6, 6.07) is 17.0. The lowest BCUT2D eigenvalue weighted by Gasteiger charge is -2.26. The lowest BCUT2D eigenvalue weighted by atomic mass is 10.0. The quantitative estimate of drug-likeness (QED) is 0.525. The molecule has 3 aromatic rings. The Bertz CT molecular complexity index is 1490. The van der Waals surface area contributed by atoms with Gasteiger partial charge < -0.3 is 0 Å². The first-order valence-electron chi connectivity index (χ1n) is 11.2. The largest absolute Gasteiger partial charge is 0.287 e. The summed E-state index contributed by atoms with van der Waals surface area (Å²) in [6.45, 7) is 2.17. The van der Waals surface area contributed by atoms with Crippen LogP contribution in [0, 0.1) is 29.6 Å². The van der Waals surface area contributed by atoms with Crippen LogP contribution in [0.3, 0.4) is 0 Å². The van der Waals surface area contributed by atoms with Crippen LogP contribution in [0.4, 0.5) is 0 Å². The lowest BCUT2D eigenvalue weighted by Crippen LogP contribution is -2.50. The molecule has 0 saturated carbocycles. The van der Waals surface area contributed by atoms with Gasteiger partial charge in [0.1, 0.15) is 11.6 Å². The van der Waals surface area contributed by atoms with Crippen molar-refractivity contribution in [2.45, 2.75) is 19.8 Å². The summed E-state index contributed by atoms with van der Waals surface area (Å²) in [4.78, 5) is 13.2. The van der Waals surface area contributed by atoms with Gasteiger partial charge in [0.2, 0.25) is 0 Å². The Morgan fingerprint density at radius 2 is 1.83 bits per heavy atom. The van der Waals surface area contributed by atoms with Gasteiger partial charge in [-0.1, -0.05) is 35.9 Å². The first-order chi connectivity index (χ1) is 17.2. The van der Waals surface area contributed by atoms with E-state index in [0.717, 1.165) is 11.1 Å². The molecule has 184 valence electrons. The van der Waals surface area contributed by atoms with Crippen molar-refractivity contribution in [2.24, 2.45) is 0 Å². The zero-order valence-corrected chi connectivity index (χ0v) is 21.1. The predicted octanol–water partition coefficient (Wildman–Crippen LogP) is 3.20. The number of hydrogen-bond donors (Lipinski definition) is 1. The Morgan fingerprint density at radius 1 is 1.14 bits per heavy atom. The van der Waals surface area contributed by atoms with Crippen molar-refractivity contribution in [3.63, 3.8) is 0 Å². The highest BCUT2D eigenvalue weighted by atomic mass is 35.5. The average molecular weight is 523 g/mol. The van der Waals surface area contributed by atoms with Gasteiger partial charge in [-0.15, -0.1) is 0 Å². The number of carbonyl (C=O) groups is 1. The van der Waals surface area contributed by atoms with Crippen molar-refractivity contribution in [2.75, 3.05) is 24.6 Å². The number of nitrogens with zero attached hydrogens (tertiary/aromatic N) is 5. The minimum absolute atomic E-state index is 0.0554. The third kappa shape index (κ3) is 5.42. The molecule has 1 saturated heterocycles. The Labute approximate surface area is 214 Å². The second-order valence-electron chi connectivity index (χ2n) is 8.46. The summed E-state index contributed by atoms with van der Waals surface area (Å²) in [5.41, 5.74) is 6.28. The smallest absolute Gasteiger partial charge is 0.283 e. The lowest BCUT2D eigenvalue weighted by molar-refractivity contribution is 0.0796. The van der Waals surface area contributed by atoms with E-state index in [1.165, 1.54) is 5.01 Å². The molecule has 11 heteroatoms. The molecular weight excluding hydrogens is 500 g/mol. The van der Waals surface area contributed by atoms with Gasteiger partial charge in [-0.25, -0.2) is 18.1 Å². The van der Waals surface area contributed by atoms with Crippen LogP contribution in [0.5, 0.6) is 0 Å². The van der Waals surface area contributed by atoms with E-state index >= 15 is 0 Å². The molecular formula is C25H23ClN6O3S. The molecule has 1 aliphatic rings. The molecule has 1 aliphatic heterocycles. The van der Waals surface area contributed by atoms with E-state index in [2.05, 4.69) is 22.7 Å². The van der Waals surface area contributed by atoms with E-state index in [1.807, 2.05) is 31.2 Å². The van der Waals surface area contributed by atoms with Crippen LogP contribution in [0.15, 0.2) is 42.5 Å². The predicted molar refractivity (Wildman–Crippen MR) is 135 cm³/mol. The first-order valence-corrected chi connectivity index (χ1v) is 13.4. The number of hydrogen-bond acceptors (Lipinski definition) is 7. The van der Waals surface area contributed by atoms with E-state index in [9.17, 15) is 18.5 Å². The van der Waals surface area contributed by atoms with Gasteiger partial charge in [0.15, 0.2) is 15.5 Å². The number of hydrazine groups is 1. The topological polar surface area (TPSA) is 132 Å². The molecule has 1 N–H and O–H groups in total. The van der Waals surface area contributed by atoms with Crippen molar-refractivity contribution in [1.29, 1.82) is 10.5 Å². The number of amides is 1. The molecule has 0 bridgehead atoms. The molecule has 1 aromatic heterocycles. The molecule has 0 atom stereocenters. The fourth-order valence-corrected chi connectivity index (χ4v) is 5.46. The van der Waals surface area contributed by atoms with Gasteiger partial charge in [0.05, 0.1) is 29.0 Å². The number of carbonyl (C=O) groups excluding carboxylic acids is 1. The maximum atomic E-state index is 13.2. The summed E-state index contributed by atoms with van der Waals surface area (Å²) >= 11 is 6.15. The molecule has 36 heavy (non-hydrogen) atoms. The number of rotatable bonds is 6. The molecule has 4 rings (SSSR count). The molecule has 2 aromatic carbocycles. The van der Waals surface area contributed by atoms with Gasteiger partial charge >= 0.3 is 0 Å². The zero-order valence-electron chi connectivity index (χ0n) is 19.5. The van der Waals surface area contributed by atoms with Gasteiger partial charge in [-0.05, 0) is 42.7 Å². The summed E-state index contributed by atoms with van der Waals surface area (Å²) < 4.78 is 25.0. The van der Waals surface area contributed by atoms with Crippen molar-refractivity contribution < 1.29 is 13.2 Å². The van der Waals surface area contributed by atoms with E-state index in [0.29, 0.717) is 34.8 Å². The molecule has 0 unspecified atom stereocenters. The van der Waals surface area contributed by atoms with E-state index < -0.39 is 15.7 Å². The highest BCUT2D eigenvalue weighted by molar-refractivity contribution is 7.91. The number of halogens is 1. The molecule has 1 fully saturated rings. The van der Waals surface area contributed by atoms with Crippen LogP contribution in [-0.2, 0) is 16.3 Å². The normalized spacial score (nSPS) is 15.1. The van der Waals surface area contributed by atoms with Gasteiger partial charge in [0, 0.05) is 30.1 Å². The van der Waals surface area contributed by atoms with Crippen molar-refractivity contribution >= 4 is 27.3 Å². The Hall–Kier alpha value is -3.70. The maximum Gasteiger partial charge on any atom is 0.287 e. The SMILES string of the molecule is Cc1cc(Cl)ccc1-n1nc(C(=O)NN2CCS(=O)(=O)CC2)c(C#N)c1-c1ccc(CCC#N)cc1.